The molecule has 0 saturated carbocycles. The molecule has 1 saturated heterocycles. The molecule has 25 heavy (non-hydrogen) atoms. The van der Waals surface area contributed by atoms with Gasteiger partial charge in [-0.25, -0.2) is 13.1 Å². The highest BCUT2D eigenvalue weighted by Crippen LogP contribution is 2.23. The number of nitrogens with zero attached hydrogens (tertiary/aromatic N) is 4. The van der Waals surface area contributed by atoms with Gasteiger partial charge in [0.2, 0.25) is 0 Å². The Kier molecular flexibility index (Phi) is 5.69. The fourth-order valence-corrected chi connectivity index (χ4v) is 6.31. The monoisotopic (exact) mass is 420 g/mol. The van der Waals surface area contributed by atoms with E-state index in [1.165, 1.54) is 4.88 Å². The van der Waals surface area contributed by atoms with Crippen molar-refractivity contribution in [1.29, 1.82) is 0 Å². The van der Waals surface area contributed by atoms with Crippen molar-refractivity contribution in [2.45, 2.75) is 26.1 Å². The molecule has 0 bridgehead atoms. The van der Waals surface area contributed by atoms with Crippen molar-refractivity contribution in [2.75, 3.05) is 18.6 Å². The second-order valence-corrected chi connectivity index (χ2v) is 11.0. The topological polar surface area (TPSA) is 60.1 Å². The molecule has 0 amide bonds. The standard InChI is InChI=1S/C15H21ClN4O2S3/c1-18(8-12-3-4-13(16)24-12)10-20-15(23)19(2)14(17-20)7-11-5-6-25(21,22)9-11/h3-4,11H,5-10H2,1-2H3/t11-/m1/s1. The van der Waals surface area contributed by atoms with Crippen molar-refractivity contribution in [2.24, 2.45) is 13.0 Å². The summed E-state index contributed by atoms with van der Waals surface area (Å²) in [5.41, 5.74) is 0. The number of rotatable bonds is 6. The summed E-state index contributed by atoms with van der Waals surface area (Å²) in [5.74, 6) is 1.53. The summed E-state index contributed by atoms with van der Waals surface area (Å²) in [5, 5.41) is 4.62. The normalized spacial score (nSPS) is 19.8. The maximum atomic E-state index is 11.6. The van der Waals surface area contributed by atoms with Gasteiger partial charge in [0.1, 0.15) is 5.82 Å². The zero-order chi connectivity index (χ0) is 18.2. The van der Waals surface area contributed by atoms with Gasteiger partial charge in [-0.3, -0.25) is 4.90 Å². The highest BCUT2D eigenvalue weighted by atomic mass is 35.5. The van der Waals surface area contributed by atoms with Crippen LogP contribution in [0, 0.1) is 10.7 Å². The summed E-state index contributed by atoms with van der Waals surface area (Å²) < 4.78 is 28.4. The second kappa shape index (κ2) is 7.48. The van der Waals surface area contributed by atoms with Crippen LogP contribution in [-0.4, -0.2) is 46.2 Å². The fourth-order valence-electron chi connectivity index (χ4n) is 3.08. The van der Waals surface area contributed by atoms with Crippen LogP contribution in [0.25, 0.3) is 0 Å². The van der Waals surface area contributed by atoms with Gasteiger partial charge in [-0.15, -0.1) is 11.3 Å². The maximum absolute atomic E-state index is 11.6. The molecule has 0 spiro atoms. The summed E-state index contributed by atoms with van der Waals surface area (Å²) in [6.45, 7) is 1.34. The van der Waals surface area contributed by atoms with E-state index in [4.69, 9.17) is 23.8 Å². The largest absolute Gasteiger partial charge is 0.307 e. The van der Waals surface area contributed by atoms with Gasteiger partial charge in [0.15, 0.2) is 14.6 Å². The van der Waals surface area contributed by atoms with Crippen LogP contribution in [0.1, 0.15) is 17.1 Å². The van der Waals surface area contributed by atoms with Gasteiger partial charge < -0.3 is 4.57 Å². The third kappa shape index (κ3) is 4.71. The van der Waals surface area contributed by atoms with Gasteiger partial charge in [-0.05, 0) is 43.7 Å². The van der Waals surface area contributed by atoms with Crippen LogP contribution in [0.5, 0.6) is 0 Å². The first kappa shape index (κ1) is 19.0. The molecule has 1 fully saturated rings. The van der Waals surface area contributed by atoms with Crippen molar-refractivity contribution in [3.05, 3.63) is 31.9 Å². The number of hydrogen-bond acceptors (Lipinski definition) is 6. The molecule has 0 N–H and O–H groups in total. The Hall–Kier alpha value is -0.740. The van der Waals surface area contributed by atoms with E-state index in [1.807, 2.05) is 30.8 Å². The summed E-state index contributed by atoms with van der Waals surface area (Å²) in [6.07, 6.45) is 1.36. The third-order valence-corrected chi connectivity index (χ3v) is 7.90. The Morgan fingerprint density at radius 3 is 2.84 bits per heavy atom. The molecule has 0 radical (unpaired) electrons. The second-order valence-electron chi connectivity index (χ2n) is 6.59. The highest BCUT2D eigenvalue weighted by Gasteiger charge is 2.29. The quantitative estimate of drug-likeness (QED) is 0.672. The van der Waals surface area contributed by atoms with E-state index < -0.39 is 9.84 Å². The third-order valence-electron chi connectivity index (χ3n) is 4.36. The van der Waals surface area contributed by atoms with Gasteiger partial charge in [0, 0.05) is 24.9 Å². The minimum Gasteiger partial charge on any atom is -0.307 e. The molecule has 138 valence electrons. The molecule has 0 aromatic carbocycles. The van der Waals surface area contributed by atoms with Crippen LogP contribution < -0.4 is 0 Å². The average Bonchev–Trinajstić information content (AvgIpc) is 3.15. The first-order valence-electron chi connectivity index (χ1n) is 7.99. The summed E-state index contributed by atoms with van der Waals surface area (Å²) in [7, 11) is 1.03. The van der Waals surface area contributed by atoms with E-state index in [2.05, 4.69) is 10.00 Å². The molecule has 6 nitrogen and oxygen atoms in total. The molecule has 0 unspecified atom stereocenters. The number of thiophene rings is 1. The van der Waals surface area contributed by atoms with Crippen molar-refractivity contribution in [1.82, 2.24) is 19.2 Å². The lowest BCUT2D eigenvalue weighted by Gasteiger charge is -2.15. The smallest absolute Gasteiger partial charge is 0.198 e. The zero-order valence-corrected chi connectivity index (χ0v) is 17.4. The van der Waals surface area contributed by atoms with Gasteiger partial charge in [0.05, 0.1) is 22.5 Å². The van der Waals surface area contributed by atoms with Crippen LogP contribution in [0.3, 0.4) is 0 Å². The fraction of sp³-hybridized carbons (Fsp3) is 0.600. The molecule has 3 heterocycles. The maximum Gasteiger partial charge on any atom is 0.198 e. The molecular formula is C15H21ClN4O2S3. The average molecular weight is 421 g/mol. The summed E-state index contributed by atoms with van der Waals surface area (Å²) in [6, 6.07) is 3.92. The van der Waals surface area contributed by atoms with Crippen LogP contribution in [0.4, 0.5) is 0 Å². The van der Waals surface area contributed by atoms with Gasteiger partial charge in [0.25, 0.3) is 0 Å². The molecule has 1 aliphatic heterocycles. The molecule has 2 aromatic rings. The van der Waals surface area contributed by atoms with E-state index in [0.717, 1.165) is 16.7 Å². The lowest BCUT2D eigenvalue weighted by atomic mass is 10.1. The van der Waals surface area contributed by atoms with E-state index in [0.29, 0.717) is 24.3 Å². The number of aromatic nitrogens is 3. The Morgan fingerprint density at radius 1 is 1.48 bits per heavy atom. The zero-order valence-electron chi connectivity index (χ0n) is 14.2. The Bertz CT molecular complexity index is 916. The molecule has 2 aromatic heterocycles. The summed E-state index contributed by atoms with van der Waals surface area (Å²) >= 11 is 13.0. The van der Waals surface area contributed by atoms with Crippen LogP contribution in [0.15, 0.2) is 12.1 Å². The van der Waals surface area contributed by atoms with E-state index in [9.17, 15) is 8.42 Å². The van der Waals surface area contributed by atoms with Gasteiger partial charge >= 0.3 is 0 Å². The van der Waals surface area contributed by atoms with Crippen LogP contribution >= 0.6 is 35.2 Å². The predicted molar refractivity (Wildman–Crippen MR) is 103 cm³/mol. The molecule has 1 aliphatic rings. The lowest BCUT2D eigenvalue weighted by molar-refractivity contribution is 0.245. The van der Waals surface area contributed by atoms with E-state index in [-0.39, 0.29) is 17.4 Å². The summed E-state index contributed by atoms with van der Waals surface area (Å²) in [4.78, 5) is 3.31. The highest BCUT2D eigenvalue weighted by molar-refractivity contribution is 7.91. The predicted octanol–water partition coefficient (Wildman–Crippen LogP) is 2.73. The van der Waals surface area contributed by atoms with Crippen molar-refractivity contribution in [3.63, 3.8) is 0 Å². The van der Waals surface area contributed by atoms with E-state index >= 15 is 0 Å². The Balaban J connectivity index is 1.67. The molecule has 0 aliphatic carbocycles. The minimum absolute atomic E-state index is 0.139. The van der Waals surface area contributed by atoms with Crippen molar-refractivity contribution in [3.8, 4) is 0 Å². The first-order valence-corrected chi connectivity index (χ1v) is 11.4. The molecule has 3 rings (SSSR count). The number of hydrogen-bond donors (Lipinski definition) is 0. The van der Waals surface area contributed by atoms with Gasteiger partial charge in [-0.1, -0.05) is 11.6 Å². The lowest BCUT2D eigenvalue weighted by Crippen LogP contribution is -2.22. The Labute approximate surface area is 161 Å². The molecular weight excluding hydrogens is 400 g/mol. The Morgan fingerprint density at radius 2 is 2.24 bits per heavy atom. The van der Waals surface area contributed by atoms with Gasteiger partial charge in [-0.2, -0.15) is 5.10 Å². The minimum atomic E-state index is -2.87. The van der Waals surface area contributed by atoms with Crippen molar-refractivity contribution < 1.29 is 8.42 Å². The number of sulfone groups is 1. The molecule has 1 atom stereocenters. The molecule has 10 heteroatoms. The van der Waals surface area contributed by atoms with Crippen LogP contribution in [-0.2, 0) is 36.5 Å². The van der Waals surface area contributed by atoms with E-state index in [1.54, 1.807) is 16.0 Å². The SMILES string of the molecule is CN(Cc1ccc(Cl)s1)Cn1nc(C[C@H]2CCS(=O)(=O)C2)n(C)c1=S. The van der Waals surface area contributed by atoms with Crippen LogP contribution in [0.2, 0.25) is 4.34 Å². The van der Waals surface area contributed by atoms with Crippen molar-refractivity contribution >= 4 is 45.0 Å². The number of halogens is 1. The first-order chi connectivity index (χ1) is 11.7.